The first kappa shape index (κ1) is 17.8. The fourth-order valence-corrected chi connectivity index (χ4v) is 3.14. The average molecular weight is 448 g/mol. The molecule has 0 unspecified atom stereocenters. The van der Waals surface area contributed by atoms with Crippen molar-refractivity contribution in [3.05, 3.63) is 57.9 Å². The highest BCUT2D eigenvalue weighted by atomic mass is 127. The molecule has 1 amide bonds. The first-order chi connectivity index (χ1) is 10.9. The van der Waals surface area contributed by atoms with Gasteiger partial charge in [0.1, 0.15) is 5.82 Å². The van der Waals surface area contributed by atoms with Gasteiger partial charge in [0.15, 0.2) is 0 Å². The van der Waals surface area contributed by atoms with Crippen LogP contribution in [-0.2, 0) is 14.8 Å². The standard InChI is InChI=1S/C15H14FIN2O3S/c16-11-1-7-14(8-2-11)23(21,22)18-10-9-15(20)19-13-5-3-12(17)4-6-13/h1-8,18H,9-10H2,(H,19,20). The number of carbonyl (C=O) groups is 1. The van der Waals surface area contributed by atoms with Gasteiger partial charge in [-0.15, -0.1) is 0 Å². The van der Waals surface area contributed by atoms with E-state index in [2.05, 4.69) is 32.6 Å². The van der Waals surface area contributed by atoms with Crippen LogP contribution >= 0.6 is 22.6 Å². The zero-order valence-corrected chi connectivity index (χ0v) is 14.9. The van der Waals surface area contributed by atoms with Crippen molar-refractivity contribution in [1.82, 2.24) is 4.72 Å². The van der Waals surface area contributed by atoms with Gasteiger partial charge in [0.2, 0.25) is 15.9 Å². The molecule has 0 bridgehead atoms. The predicted molar refractivity (Wildman–Crippen MR) is 94.0 cm³/mol. The Labute approximate surface area is 147 Å². The summed E-state index contributed by atoms with van der Waals surface area (Å²) in [6.45, 7) is -0.0457. The van der Waals surface area contributed by atoms with Crippen LogP contribution in [-0.4, -0.2) is 20.9 Å². The van der Waals surface area contributed by atoms with Crippen LogP contribution in [0.25, 0.3) is 0 Å². The zero-order chi connectivity index (χ0) is 16.9. The van der Waals surface area contributed by atoms with E-state index in [9.17, 15) is 17.6 Å². The largest absolute Gasteiger partial charge is 0.326 e. The molecular formula is C15H14FIN2O3S. The second kappa shape index (κ2) is 7.84. The van der Waals surface area contributed by atoms with Gasteiger partial charge in [0.05, 0.1) is 4.90 Å². The monoisotopic (exact) mass is 448 g/mol. The molecule has 2 aromatic carbocycles. The molecule has 5 nitrogen and oxygen atoms in total. The summed E-state index contributed by atoms with van der Waals surface area (Å²) in [5, 5.41) is 2.68. The second-order valence-corrected chi connectivity index (χ2v) is 7.67. The maximum Gasteiger partial charge on any atom is 0.240 e. The van der Waals surface area contributed by atoms with E-state index in [4.69, 9.17) is 0 Å². The molecule has 0 aliphatic heterocycles. The Balaban J connectivity index is 1.85. The molecule has 0 spiro atoms. The lowest BCUT2D eigenvalue weighted by Crippen LogP contribution is -2.27. The minimum absolute atomic E-state index is 0.00753. The zero-order valence-electron chi connectivity index (χ0n) is 11.9. The number of hydrogen-bond acceptors (Lipinski definition) is 3. The minimum Gasteiger partial charge on any atom is -0.326 e. The Kier molecular flexibility index (Phi) is 6.08. The lowest BCUT2D eigenvalue weighted by atomic mass is 10.3. The van der Waals surface area contributed by atoms with E-state index in [0.717, 1.165) is 15.7 Å². The number of rotatable bonds is 6. The third-order valence-corrected chi connectivity index (χ3v) is 5.09. The first-order valence-electron chi connectivity index (χ1n) is 6.67. The summed E-state index contributed by atoms with van der Waals surface area (Å²) >= 11 is 2.16. The number of anilines is 1. The number of carbonyl (C=O) groups excluding carboxylic acids is 1. The van der Waals surface area contributed by atoms with E-state index in [1.54, 1.807) is 12.1 Å². The molecule has 0 fully saturated rings. The van der Waals surface area contributed by atoms with Gasteiger partial charge in [-0.2, -0.15) is 0 Å². The summed E-state index contributed by atoms with van der Waals surface area (Å²) in [4.78, 5) is 11.7. The molecule has 23 heavy (non-hydrogen) atoms. The van der Waals surface area contributed by atoms with Crippen LogP contribution in [0, 0.1) is 9.39 Å². The molecule has 8 heteroatoms. The topological polar surface area (TPSA) is 75.3 Å². The Morgan fingerprint density at radius 3 is 2.26 bits per heavy atom. The SMILES string of the molecule is O=C(CCNS(=O)(=O)c1ccc(F)cc1)Nc1ccc(I)cc1. The van der Waals surface area contributed by atoms with Gasteiger partial charge in [-0.25, -0.2) is 17.5 Å². The van der Waals surface area contributed by atoms with Crippen molar-refractivity contribution in [1.29, 1.82) is 0 Å². The summed E-state index contributed by atoms with van der Waals surface area (Å²) in [7, 11) is -3.75. The average Bonchev–Trinajstić information content (AvgIpc) is 2.50. The number of amides is 1. The van der Waals surface area contributed by atoms with E-state index in [1.165, 1.54) is 12.1 Å². The van der Waals surface area contributed by atoms with Gasteiger partial charge in [-0.05, 0) is 71.1 Å². The van der Waals surface area contributed by atoms with E-state index in [1.807, 2.05) is 12.1 Å². The summed E-state index contributed by atoms with van der Waals surface area (Å²) in [6, 6.07) is 11.7. The van der Waals surface area contributed by atoms with Crippen LogP contribution in [0.3, 0.4) is 0 Å². The molecule has 0 atom stereocenters. The van der Waals surface area contributed by atoms with Gasteiger partial charge in [-0.3, -0.25) is 4.79 Å². The quantitative estimate of drug-likeness (QED) is 0.668. The second-order valence-electron chi connectivity index (χ2n) is 4.66. The van der Waals surface area contributed by atoms with E-state index in [0.29, 0.717) is 5.69 Å². The molecule has 2 aromatic rings. The third kappa shape index (κ3) is 5.56. The van der Waals surface area contributed by atoms with Crippen molar-refractivity contribution < 1.29 is 17.6 Å². The normalized spacial score (nSPS) is 11.2. The molecule has 0 heterocycles. The van der Waals surface area contributed by atoms with Crippen molar-refractivity contribution in [3.63, 3.8) is 0 Å². The third-order valence-electron chi connectivity index (χ3n) is 2.90. The van der Waals surface area contributed by atoms with Crippen molar-refractivity contribution in [3.8, 4) is 0 Å². The van der Waals surface area contributed by atoms with Crippen molar-refractivity contribution in [2.45, 2.75) is 11.3 Å². The molecule has 0 saturated carbocycles. The Bertz CT molecular complexity index is 777. The van der Waals surface area contributed by atoms with E-state index in [-0.39, 0.29) is 23.8 Å². The molecule has 0 aliphatic carbocycles. The van der Waals surface area contributed by atoms with Crippen molar-refractivity contribution in [2.24, 2.45) is 0 Å². The number of benzene rings is 2. The first-order valence-corrected chi connectivity index (χ1v) is 9.24. The van der Waals surface area contributed by atoms with Gasteiger partial charge < -0.3 is 5.32 Å². The fourth-order valence-electron chi connectivity index (χ4n) is 1.75. The molecule has 0 aliphatic rings. The predicted octanol–water partition coefficient (Wildman–Crippen LogP) is 2.74. The van der Waals surface area contributed by atoms with Gasteiger partial charge in [-0.1, -0.05) is 0 Å². The van der Waals surface area contributed by atoms with Crippen LogP contribution in [0.2, 0.25) is 0 Å². The van der Waals surface area contributed by atoms with Gasteiger partial charge in [0.25, 0.3) is 0 Å². The maximum absolute atomic E-state index is 12.8. The minimum atomic E-state index is -3.75. The molecule has 2 N–H and O–H groups in total. The fraction of sp³-hybridized carbons (Fsp3) is 0.133. The van der Waals surface area contributed by atoms with Crippen molar-refractivity contribution >= 4 is 44.2 Å². The van der Waals surface area contributed by atoms with Gasteiger partial charge >= 0.3 is 0 Å². The highest BCUT2D eigenvalue weighted by Crippen LogP contribution is 2.12. The number of nitrogens with one attached hydrogen (secondary N) is 2. The number of halogens is 2. The highest BCUT2D eigenvalue weighted by molar-refractivity contribution is 14.1. The van der Waals surface area contributed by atoms with E-state index >= 15 is 0 Å². The summed E-state index contributed by atoms with van der Waals surface area (Å²) in [5.74, 6) is -0.811. The molecule has 0 saturated heterocycles. The lowest BCUT2D eigenvalue weighted by molar-refractivity contribution is -0.116. The molecule has 0 aromatic heterocycles. The Morgan fingerprint density at radius 1 is 1.04 bits per heavy atom. The Morgan fingerprint density at radius 2 is 1.65 bits per heavy atom. The van der Waals surface area contributed by atoms with Gasteiger partial charge in [0, 0.05) is 22.2 Å². The smallest absolute Gasteiger partial charge is 0.240 e. The molecule has 2 rings (SSSR count). The number of hydrogen-bond donors (Lipinski definition) is 2. The summed E-state index contributed by atoms with van der Waals surface area (Å²) in [6.07, 6.45) is -0.00753. The van der Waals surface area contributed by atoms with Crippen LogP contribution in [0.15, 0.2) is 53.4 Å². The van der Waals surface area contributed by atoms with Crippen molar-refractivity contribution in [2.75, 3.05) is 11.9 Å². The molecular weight excluding hydrogens is 434 g/mol. The maximum atomic E-state index is 12.8. The Hall–Kier alpha value is -1.52. The van der Waals surface area contributed by atoms with Crippen LogP contribution in [0.1, 0.15) is 6.42 Å². The summed E-state index contributed by atoms with van der Waals surface area (Å²) < 4.78 is 40.1. The molecule has 122 valence electrons. The lowest BCUT2D eigenvalue weighted by Gasteiger charge is -2.08. The highest BCUT2D eigenvalue weighted by Gasteiger charge is 2.14. The molecule has 0 radical (unpaired) electrons. The van der Waals surface area contributed by atoms with E-state index < -0.39 is 15.8 Å². The number of sulfonamides is 1. The van der Waals surface area contributed by atoms with Crippen LogP contribution < -0.4 is 10.0 Å². The van der Waals surface area contributed by atoms with Crippen LogP contribution in [0.5, 0.6) is 0 Å². The van der Waals surface area contributed by atoms with Crippen LogP contribution in [0.4, 0.5) is 10.1 Å². The summed E-state index contributed by atoms with van der Waals surface area (Å²) in [5.41, 5.74) is 0.650.